The van der Waals surface area contributed by atoms with Crippen molar-refractivity contribution in [3.63, 3.8) is 0 Å². The molecule has 0 radical (unpaired) electrons. The van der Waals surface area contributed by atoms with Crippen molar-refractivity contribution in [1.29, 1.82) is 0 Å². The quantitative estimate of drug-likeness (QED) is 0.689. The van der Waals surface area contributed by atoms with Crippen molar-refractivity contribution < 1.29 is 5.11 Å². The van der Waals surface area contributed by atoms with E-state index in [9.17, 15) is 5.11 Å². The van der Waals surface area contributed by atoms with Crippen molar-refractivity contribution >= 4 is 5.82 Å². The Kier molecular flexibility index (Phi) is 1.60. The van der Waals surface area contributed by atoms with Gasteiger partial charge in [0, 0.05) is 13.0 Å². The molecule has 1 heterocycles. The minimum Gasteiger partial charge on any atom is -0.503 e. The van der Waals surface area contributed by atoms with Crippen molar-refractivity contribution in [1.82, 2.24) is 9.97 Å². The summed E-state index contributed by atoms with van der Waals surface area (Å²) in [5.41, 5.74) is 0. The maximum absolute atomic E-state index is 9.25. The fraction of sp³-hybridized carbons (Fsp3) is 0.500. The summed E-state index contributed by atoms with van der Waals surface area (Å²) in [7, 11) is 1.73. The predicted octanol–water partition coefficient (Wildman–Crippen LogP) is 1.10. The van der Waals surface area contributed by atoms with E-state index >= 15 is 0 Å². The van der Waals surface area contributed by atoms with Crippen LogP contribution in [-0.2, 0) is 0 Å². The molecule has 1 aliphatic rings. The Morgan fingerprint density at radius 2 is 2.33 bits per heavy atom. The highest BCUT2D eigenvalue weighted by Crippen LogP contribution is 2.38. The van der Waals surface area contributed by atoms with Gasteiger partial charge < -0.3 is 10.4 Å². The van der Waals surface area contributed by atoms with Crippen molar-refractivity contribution in [2.75, 3.05) is 12.4 Å². The van der Waals surface area contributed by atoms with Gasteiger partial charge in [0.15, 0.2) is 11.6 Å². The van der Waals surface area contributed by atoms with Crippen LogP contribution in [0.15, 0.2) is 6.20 Å². The molecular weight excluding hydrogens is 154 g/mol. The lowest BCUT2D eigenvalue weighted by atomic mass is 10.4. The Bertz CT molecular complexity index is 296. The number of aromatic hydroxyl groups is 1. The van der Waals surface area contributed by atoms with E-state index < -0.39 is 0 Å². The first kappa shape index (κ1) is 7.34. The summed E-state index contributed by atoms with van der Waals surface area (Å²) < 4.78 is 0. The number of hydrogen-bond donors (Lipinski definition) is 2. The van der Waals surface area contributed by atoms with Crippen LogP contribution in [0.25, 0.3) is 0 Å². The summed E-state index contributed by atoms with van der Waals surface area (Å²) in [5.74, 6) is 2.00. The molecule has 0 amide bonds. The van der Waals surface area contributed by atoms with Crippen LogP contribution in [0.2, 0.25) is 0 Å². The molecule has 0 bridgehead atoms. The van der Waals surface area contributed by atoms with Gasteiger partial charge in [-0.2, -0.15) is 0 Å². The summed E-state index contributed by atoms with van der Waals surface area (Å²) in [6.45, 7) is 0. The molecule has 1 aromatic rings. The molecule has 0 atom stereocenters. The Balaban J connectivity index is 2.33. The van der Waals surface area contributed by atoms with Crippen LogP contribution in [0, 0.1) is 0 Å². The van der Waals surface area contributed by atoms with E-state index in [0.29, 0.717) is 11.7 Å². The third-order valence-electron chi connectivity index (χ3n) is 1.97. The second-order valence-electron chi connectivity index (χ2n) is 2.99. The molecule has 4 nitrogen and oxygen atoms in total. The van der Waals surface area contributed by atoms with Crippen LogP contribution in [0.5, 0.6) is 5.75 Å². The molecule has 0 unspecified atom stereocenters. The van der Waals surface area contributed by atoms with Gasteiger partial charge in [0.2, 0.25) is 0 Å². The molecule has 2 rings (SSSR count). The zero-order valence-corrected chi connectivity index (χ0v) is 6.91. The highest BCUT2D eigenvalue weighted by molar-refractivity contribution is 5.47. The minimum atomic E-state index is 0.113. The number of nitrogens with zero attached hydrogens (tertiary/aromatic N) is 2. The average Bonchev–Trinajstić information content (AvgIpc) is 2.88. The Morgan fingerprint density at radius 3 is 2.92 bits per heavy atom. The third kappa shape index (κ3) is 1.20. The SMILES string of the molecule is CNc1nc(C2CC2)ncc1O. The maximum Gasteiger partial charge on any atom is 0.176 e. The van der Waals surface area contributed by atoms with E-state index in [1.807, 2.05) is 0 Å². The molecule has 0 saturated heterocycles. The summed E-state index contributed by atoms with van der Waals surface area (Å²) in [4.78, 5) is 8.23. The van der Waals surface area contributed by atoms with Crippen LogP contribution in [-0.4, -0.2) is 22.1 Å². The summed E-state index contributed by atoms with van der Waals surface area (Å²) in [6.07, 6.45) is 3.80. The summed E-state index contributed by atoms with van der Waals surface area (Å²) >= 11 is 0. The standard InChI is InChI=1S/C8H11N3O/c1-9-8-6(12)4-10-7(11-8)5-2-3-5/h4-5,12H,2-3H2,1H3,(H,9,10,11). The van der Waals surface area contributed by atoms with Gasteiger partial charge in [0.1, 0.15) is 5.82 Å². The molecule has 0 spiro atoms. The van der Waals surface area contributed by atoms with Crippen LogP contribution in [0.1, 0.15) is 24.6 Å². The van der Waals surface area contributed by atoms with Gasteiger partial charge in [-0.3, -0.25) is 0 Å². The van der Waals surface area contributed by atoms with E-state index in [4.69, 9.17) is 0 Å². The lowest BCUT2D eigenvalue weighted by Gasteiger charge is -2.03. The van der Waals surface area contributed by atoms with E-state index in [-0.39, 0.29) is 5.75 Å². The fourth-order valence-electron chi connectivity index (χ4n) is 1.11. The first-order chi connectivity index (χ1) is 5.81. The minimum absolute atomic E-state index is 0.113. The van der Waals surface area contributed by atoms with E-state index in [0.717, 1.165) is 5.82 Å². The smallest absolute Gasteiger partial charge is 0.176 e. The van der Waals surface area contributed by atoms with Gasteiger partial charge in [-0.1, -0.05) is 0 Å². The molecule has 12 heavy (non-hydrogen) atoms. The molecule has 2 N–H and O–H groups in total. The average molecular weight is 165 g/mol. The lowest BCUT2D eigenvalue weighted by molar-refractivity contribution is 0.471. The number of rotatable bonds is 2. The lowest BCUT2D eigenvalue weighted by Crippen LogP contribution is -1.98. The van der Waals surface area contributed by atoms with Crippen molar-refractivity contribution in [3.05, 3.63) is 12.0 Å². The monoisotopic (exact) mass is 165 g/mol. The van der Waals surface area contributed by atoms with Gasteiger partial charge in [-0.05, 0) is 12.8 Å². The van der Waals surface area contributed by atoms with Crippen molar-refractivity contribution in [2.24, 2.45) is 0 Å². The van der Waals surface area contributed by atoms with Crippen LogP contribution in [0.4, 0.5) is 5.82 Å². The Hall–Kier alpha value is -1.32. The van der Waals surface area contributed by atoms with Crippen LogP contribution >= 0.6 is 0 Å². The zero-order valence-electron chi connectivity index (χ0n) is 6.91. The largest absolute Gasteiger partial charge is 0.503 e. The topological polar surface area (TPSA) is 58.0 Å². The first-order valence-electron chi connectivity index (χ1n) is 4.05. The summed E-state index contributed by atoms with van der Waals surface area (Å²) in [5, 5.41) is 12.1. The molecule has 0 aliphatic heterocycles. The van der Waals surface area contributed by atoms with Gasteiger partial charge in [-0.25, -0.2) is 9.97 Å². The first-order valence-corrected chi connectivity index (χ1v) is 4.05. The molecular formula is C8H11N3O. The maximum atomic E-state index is 9.25. The van der Waals surface area contributed by atoms with Gasteiger partial charge in [0.25, 0.3) is 0 Å². The normalized spacial score (nSPS) is 16.1. The second kappa shape index (κ2) is 2.62. The van der Waals surface area contributed by atoms with Crippen molar-refractivity contribution in [2.45, 2.75) is 18.8 Å². The number of aromatic nitrogens is 2. The number of nitrogens with one attached hydrogen (secondary N) is 1. The number of anilines is 1. The molecule has 64 valence electrons. The van der Waals surface area contributed by atoms with E-state index in [1.54, 1.807) is 7.05 Å². The highest BCUT2D eigenvalue weighted by Gasteiger charge is 2.26. The third-order valence-corrected chi connectivity index (χ3v) is 1.97. The van der Waals surface area contributed by atoms with Gasteiger partial charge in [0.05, 0.1) is 6.20 Å². The van der Waals surface area contributed by atoms with Gasteiger partial charge in [-0.15, -0.1) is 0 Å². The van der Waals surface area contributed by atoms with E-state index in [2.05, 4.69) is 15.3 Å². The Labute approximate surface area is 70.7 Å². The molecule has 1 saturated carbocycles. The molecule has 1 aliphatic carbocycles. The predicted molar refractivity (Wildman–Crippen MR) is 45.2 cm³/mol. The molecule has 0 aromatic carbocycles. The molecule has 1 fully saturated rings. The van der Waals surface area contributed by atoms with Crippen LogP contribution < -0.4 is 5.32 Å². The highest BCUT2D eigenvalue weighted by atomic mass is 16.3. The number of hydrogen-bond acceptors (Lipinski definition) is 4. The molecule has 1 aromatic heterocycles. The second-order valence-corrected chi connectivity index (χ2v) is 2.99. The van der Waals surface area contributed by atoms with E-state index in [1.165, 1.54) is 19.0 Å². The zero-order chi connectivity index (χ0) is 8.55. The van der Waals surface area contributed by atoms with Crippen LogP contribution in [0.3, 0.4) is 0 Å². The summed E-state index contributed by atoms with van der Waals surface area (Å²) in [6, 6.07) is 0. The van der Waals surface area contributed by atoms with Gasteiger partial charge >= 0.3 is 0 Å². The Morgan fingerprint density at radius 1 is 1.58 bits per heavy atom. The molecule has 4 heteroatoms. The fourth-order valence-corrected chi connectivity index (χ4v) is 1.11. The van der Waals surface area contributed by atoms with Crippen molar-refractivity contribution in [3.8, 4) is 5.75 Å².